The van der Waals surface area contributed by atoms with E-state index in [0.717, 1.165) is 35.0 Å². The van der Waals surface area contributed by atoms with Crippen molar-refractivity contribution in [2.45, 2.75) is 43.5 Å². The van der Waals surface area contributed by atoms with Crippen LogP contribution in [0.5, 0.6) is 0 Å². The van der Waals surface area contributed by atoms with Gasteiger partial charge in [0, 0.05) is 12.6 Å². The number of piperidine rings is 1. The second kappa shape index (κ2) is 7.80. The van der Waals surface area contributed by atoms with Gasteiger partial charge < -0.3 is 4.90 Å². The summed E-state index contributed by atoms with van der Waals surface area (Å²) in [5, 5.41) is 4.60. The van der Waals surface area contributed by atoms with E-state index in [1.165, 1.54) is 29.5 Å². The smallest absolute Gasteiger partial charge is 0.233 e. The van der Waals surface area contributed by atoms with Crippen LogP contribution in [0.1, 0.15) is 31.7 Å². The molecule has 7 heteroatoms. The predicted octanol–water partition coefficient (Wildman–Crippen LogP) is 4.46. The lowest BCUT2D eigenvalue weighted by atomic mass is 10.0. The van der Waals surface area contributed by atoms with E-state index in [0.29, 0.717) is 15.7 Å². The number of rotatable bonds is 4. The van der Waals surface area contributed by atoms with Crippen LogP contribution in [-0.4, -0.2) is 38.9 Å². The van der Waals surface area contributed by atoms with Gasteiger partial charge in [-0.15, -0.1) is 5.10 Å². The molecule has 0 aliphatic carbocycles. The lowest BCUT2D eigenvalue weighted by molar-refractivity contribution is -0.131. The molecule has 1 aromatic carbocycles. The van der Waals surface area contributed by atoms with Crippen LogP contribution in [0.25, 0.3) is 5.69 Å². The summed E-state index contributed by atoms with van der Waals surface area (Å²) in [7, 11) is 0. The Morgan fingerprint density at radius 1 is 1.42 bits per heavy atom. The van der Waals surface area contributed by atoms with Crippen LogP contribution >= 0.6 is 35.3 Å². The van der Waals surface area contributed by atoms with Gasteiger partial charge in [-0.25, -0.2) is 4.68 Å². The zero-order chi connectivity index (χ0) is 17.1. The zero-order valence-electron chi connectivity index (χ0n) is 13.9. The maximum atomic E-state index is 12.4. The standard InChI is InChI=1S/C17H21N3OS3/c1-12-7-3-4-9-14(12)20-17(22)24-16(18-20)23-11-15(21)19-10-6-5-8-13(19)2/h3-4,7,9,13H,5-6,8,10-11H2,1-2H3/t13-/m0/s1. The molecule has 0 N–H and O–H groups in total. The van der Waals surface area contributed by atoms with Gasteiger partial charge in [0.2, 0.25) is 5.91 Å². The topological polar surface area (TPSA) is 38.1 Å². The van der Waals surface area contributed by atoms with Gasteiger partial charge in [0.15, 0.2) is 8.29 Å². The first-order chi connectivity index (χ1) is 11.6. The highest BCUT2D eigenvalue weighted by Crippen LogP contribution is 2.26. The number of aryl methyl sites for hydroxylation is 1. The van der Waals surface area contributed by atoms with E-state index in [1.807, 2.05) is 36.1 Å². The number of carbonyl (C=O) groups is 1. The Labute approximate surface area is 155 Å². The Hall–Kier alpha value is -1.18. The second-order valence-corrected chi connectivity index (χ2v) is 8.90. The molecule has 0 bridgehead atoms. The predicted molar refractivity (Wildman–Crippen MR) is 103 cm³/mol. The average molecular weight is 380 g/mol. The largest absolute Gasteiger partial charge is 0.339 e. The van der Waals surface area contributed by atoms with Gasteiger partial charge in [0.25, 0.3) is 0 Å². The Bertz CT molecular complexity index is 783. The van der Waals surface area contributed by atoms with Gasteiger partial charge in [-0.2, -0.15) is 0 Å². The minimum Gasteiger partial charge on any atom is -0.339 e. The Morgan fingerprint density at radius 3 is 2.96 bits per heavy atom. The molecular weight excluding hydrogens is 358 g/mol. The Kier molecular flexibility index (Phi) is 5.73. The number of likely N-dealkylation sites (tertiary alicyclic amines) is 1. The maximum absolute atomic E-state index is 12.4. The van der Waals surface area contributed by atoms with Crippen molar-refractivity contribution in [1.29, 1.82) is 0 Å². The van der Waals surface area contributed by atoms with Crippen molar-refractivity contribution in [2.75, 3.05) is 12.3 Å². The number of carbonyl (C=O) groups excluding carboxylic acids is 1. The van der Waals surface area contributed by atoms with E-state index >= 15 is 0 Å². The monoisotopic (exact) mass is 379 g/mol. The summed E-state index contributed by atoms with van der Waals surface area (Å²) in [6, 6.07) is 8.40. The fourth-order valence-electron chi connectivity index (χ4n) is 2.95. The molecule has 0 spiro atoms. The number of nitrogens with zero attached hydrogens (tertiary/aromatic N) is 3. The molecule has 0 radical (unpaired) electrons. The first kappa shape index (κ1) is 17.6. The minimum atomic E-state index is 0.204. The van der Waals surface area contributed by atoms with Gasteiger partial charge in [0.05, 0.1) is 11.4 Å². The number of aromatic nitrogens is 2. The Morgan fingerprint density at radius 2 is 2.21 bits per heavy atom. The molecule has 1 atom stereocenters. The van der Waals surface area contributed by atoms with Crippen LogP contribution in [0.2, 0.25) is 0 Å². The van der Waals surface area contributed by atoms with Gasteiger partial charge in [-0.3, -0.25) is 4.79 Å². The van der Waals surface area contributed by atoms with Gasteiger partial charge in [-0.1, -0.05) is 41.3 Å². The summed E-state index contributed by atoms with van der Waals surface area (Å²) in [5.74, 6) is 0.635. The second-order valence-electron chi connectivity index (χ2n) is 6.05. The highest BCUT2D eigenvalue weighted by atomic mass is 32.2. The third-order valence-electron chi connectivity index (χ3n) is 4.32. The first-order valence-electron chi connectivity index (χ1n) is 8.14. The van der Waals surface area contributed by atoms with Crippen molar-refractivity contribution in [3.05, 3.63) is 33.8 Å². The summed E-state index contributed by atoms with van der Waals surface area (Å²) >= 11 is 8.40. The molecule has 0 saturated carbocycles. The van der Waals surface area contributed by atoms with Crippen molar-refractivity contribution < 1.29 is 4.79 Å². The molecule has 1 saturated heterocycles. The van der Waals surface area contributed by atoms with Gasteiger partial charge in [-0.05, 0) is 57.0 Å². The van der Waals surface area contributed by atoms with E-state index in [1.54, 1.807) is 4.68 Å². The van der Waals surface area contributed by atoms with E-state index in [2.05, 4.69) is 12.0 Å². The van der Waals surface area contributed by atoms with Crippen LogP contribution in [0.4, 0.5) is 0 Å². The van der Waals surface area contributed by atoms with Crippen molar-refractivity contribution >= 4 is 41.2 Å². The van der Waals surface area contributed by atoms with E-state index in [4.69, 9.17) is 12.2 Å². The zero-order valence-corrected chi connectivity index (χ0v) is 16.3. The summed E-state index contributed by atoms with van der Waals surface area (Å²) < 4.78 is 3.36. The molecule has 1 amide bonds. The number of hydrogen-bond acceptors (Lipinski definition) is 5. The van der Waals surface area contributed by atoms with Gasteiger partial charge in [0.1, 0.15) is 0 Å². The van der Waals surface area contributed by atoms with Crippen LogP contribution in [-0.2, 0) is 4.79 Å². The molecule has 128 valence electrons. The molecule has 1 aromatic heterocycles. The average Bonchev–Trinajstić information content (AvgIpc) is 2.94. The summed E-state index contributed by atoms with van der Waals surface area (Å²) in [6.07, 6.45) is 3.44. The molecule has 1 fully saturated rings. The number of amides is 1. The van der Waals surface area contributed by atoms with Crippen LogP contribution in [0, 0.1) is 10.9 Å². The van der Waals surface area contributed by atoms with Crippen LogP contribution in [0.15, 0.2) is 28.6 Å². The normalized spacial score (nSPS) is 17.9. The lowest BCUT2D eigenvalue weighted by Crippen LogP contribution is -2.42. The third-order valence-corrected chi connectivity index (χ3v) is 6.67. The van der Waals surface area contributed by atoms with Gasteiger partial charge >= 0.3 is 0 Å². The fourth-order valence-corrected chi connectivity index (χ4v) is 5.18. The molecular formula is C17H21N3OS3. The lowest BCUT2D eigenvalue weighted by Gasteiger charge is -2.33. The number of para-hydroxylation sites is 1. The third kappa shape index (κ3) is 3.90. The molecule has 4 nitrogen and oxygen atoms in total. The molecule has 0 unspecified atom stereocenters. The van der Waals surface area contributed by atoms with E-state index < -0.39 is 0 Å². The molecule has 3 rings (SSSR count). The number of hydrogen-bond donors (Lipinski definition) is 0. The summed E-state index contributed by atoms with van der Waals surface area (Å²) in [4.78, 5) is 14.5. The summed E-state index contributed by atoms with van der Waals surface area (Å²) in [5.41, 5.74) is 2.13. The van der Waals surface area contributed by atoms with Crippen molar-refractivity contribution in [3.8, 4) is 5.69 Å². The molecule has 2 aromatic rings. The van der Waals surface area contributed by atoms with Crippen molar-refractivity contribution in [2.24, 2.45) is 0 Å². The molecule has 1 aliphatic rings. The first-order valence-corrected chi connectivity index (χ1v) is 10.4. The quantitative estimate of drug-likeness (QED) is 0.580. The molecule has 2 heterocycles. The SMILES string of the molecule is Cc1ccccc1-n1nc(SCC(=O)N2CCCC[C@@H]2C)sc1=S. The molecule has 1 aliphatic heterocycles. The highest BCUT2D eigenvalue weighted by Gasteiger charge is 2.23. The summed E-state index contributed by atoms with van der Waals surface area (Å²) in [6.45, 7) is 5.07. The highest BCUT2D eigenvalue weighted by molar-refractivity contribution is 8.01. The number of benzene rings is 1. The fraction of sp³-hybridized carbons (Fsp3) is 0.471. The Balaban J connectivity index is 1.69. The minimum absolute atomic E-state index is 0.204. The van der Waals surface area contributed by atoms with E-state index in [9.17, 15) is 4.79 Å². The molecule has 24 heavy (non-hydrogen) atoms. The maximum Gasteiger partial charge on any atom is 0.233 e. The van der Waals surface area contributed by atoms with E-state index in [-0.39, 0.29) is 5.91 Å². The number of thioether (sulfide) groups is 1. The van der Waals surface area contributed by atoms with Crippen LogP contribution < -0.4 is 0 Å². The van der Waals surface area contributed by atoms with Crippen molar-refractivity contribution in [3.63, 3.8) is 0 Å². The van der Waals surface area contributed by atoms with Crippen molar-refractivity contribution in [1.82, 2.24) is 14.7 Å². The van der Waals surface area contributed by atoms with Crippen LogP contribution in [0.3, 0.4) is 0 Å².